The minimum Gasteiger partial charge on any atom is -0.342 e. The van der Waals surface area contributed by atoms with E-state index in [1.54, 1.807) is 0 Å². The second kappa shape index (κ2) is 5.86. The summed E-state index contributed by atoms with van der Waals surface area (Å²) in [6.07, 6.45) is 9.24. The lowest BCUT2D eigenvalue weighted by Crippen LogP contribution is -2.48. The van der Waals surface area contributed by atoms with Gasteiger partial charge in [-0.15, -0.1) is 0 Å². The van der Waals surface area contributed by atoms with E-state index in [2.05, 4.69) is 0 Å². The molecule has 2 bridgehead atoms. The summed E-state index contributed by atoms with van der Waals surface area (Å²) in [5.41, 5.74) is 0. The molecule has 4 heteroatoms. The Morgan fingerprint density at radius 2 is 1.55 bits per heavy atom. The van der Waals surface area contributed by atoms with Gasteiger partial charge in [-0.25, -0.2) is 0 Å². The van der Waals surface area contributed by atoms with Crippen molar-refractivity contribution in [1.29, 1.82) is 0 Å². The fourth-order valence-electron chi connectivity index (χ4n) is 5.36. The van der Waals surface area contributed by atoms with Crippen LogP contribution in [0.3, 0.4) is 0 Å². The third kappa shape index (κ3) is 2.55. The SMILES string of the molecule is O=C([C@@H]1CCCN(C(=O)[C@@H]2C[C@H]3CC[C@H]2C3)C1)N1CCCC1. The number of hydrogen-bond acceptors (Lipinski definition) is 2. The summed E-state index contributed by atoms with van der Waals surface area (Å²) in [7, 11) is 0. The van der Waals surface area contributed by atoms with Gasteiger partial charge in [-0.05, 0) is 56.8 Å². The van der Waals surface area contributed by atoms with E-state index in [0.717, 1.165) is 57.7 Å². The van der Waals surface area contributed by atoms with Crippen LogP contribution in [0.1, 0.15) is 51.4 Å². The number of fused-ring (bicyclic) bond motifs is 2. The molecule has 2 saturated carbocycles. The van der Waals surface area contributed by atoms with Crippen molar-refractivity contribution in [3.63, 3.8) is 0 Å². The van der Waals surface area contributed by atoms with E-state index in [4.69, 9.17) is 0 Å². The zero-order valence-corrected chi connectivity index (χ0v) is 13.5. The predicted molar refractivity (Wildman–Crippen MR) is 84.1 cm³/mol. The summed E-state index contributed by atoms with van der Waals surface area (Å²) in [6, 6.07) is 0. The maximum Gasteiger partial charge on any atom is 0.227 e. The molecule has 22 heavy (non-hydrogen) atoms. The standard InChI is InChI=1S/C18H28N2O2/c21-17(19-7-1-2-8-19)15-4-3-9-20(12-15)18(22)16-11-13-5-6-14(16)10-13/h13-16H,1-12H2/t13-,14-,15+,16+/m0/s1. The van der Waals surface area contributed by atoms with Crippen LogP contribution in [0.5, 0.6) is 0 Å². The molecule has 4 fully saturated rings. The van der Waals surface area contributed by atoms with Crippen LogP contribution >= 0.6 is 0 Å². The zero-order chi connectivity index (χ0) is 15.1. The molecule has 4 nitrogen and oxygen atoms in total. The van der Waals surface area contributed by atoms with Crippen LogP contribution in [0.2, 0.25) is 0 Å². The summed E-state index contributed by atoms with van der Waals surface area (Å²) in [5.74, 6) is 2.47. The Labute approximate surface area is 133 Å². The van der Waals surface area contributed by atoms with Crippen molar-refractivity contribution in [3.8, 4) is 0 Å². The molecule has 0 aromatic rings. The van der Waals surface area contributed by atoms with Crippen molar-refractivity contribution in [1.82, 2.24) is 9.80 Å². The van der Waals surface area contributed by atoms with Crippen molar-refractivity contribution in [2.45, 2.75) is 51.4 Å². The van der Waals surface area contributed by atoms with Crippen molar-refractivity contribution in [2.75, 3.05) is 26.2 Å². The van der Waals surface area contributed by atoms with E-state index in [1.165, 1.54) is 19.3 Å². The van der Waals surface area contributed by atoms with Crippen LogP contribution in [0, 0.1) is 23.7 Å². The van der Waals surface area contributed by atoms with Gasteiger partial charge >= 0.3 is 0 Å². The Kier molecular flexibility index (Phi) is 3.87. The van der Waals surface area contributed by atoms with Crippen LogP contribution < -0.4 is 0 Å². The third-order valence-electron chi connectivity index (χ3n) is 6.56. The first kappa shape index (κ1) is 14.5. The van der Waals surface area contributed by atoms with E-state index < -0.39 is 0 Å². The van der Waals surface area contributed by atoms with Gasteiger partial charge in [0.05, 0.1) is 5.92 Å². The molecule has 0 radical (unpaired) electrons. The van der Waals surface area contributed by atoms with Gasteiger partial charge < -0.3 is 9.80 Å². The van der Waals surface area contributed by atoms with E-state index >= 15 is 0 Å². The molecule has 0 unspecified atom stereocenters. The number of piperidine rings is 1. The summed E-state index contributed by atoms with van der Waals surface area (Å²) in [4.78, 5) is 29.5. The second-order valence-corrected chi connectivity index (χ2v) is 7.94. The van der Waals surface area contributed by atoms with Crippen LogP contribution in [0.15, 0.2) is 0 Å². The number of likely N-dealkylation sites (tertiary alicyclic amines) is 2. The Morgan fingerprint density at radius 3 is 2.23 bits per heavy atom. The minimum atomic E-state index is 0.0643. The fraction of sp³-hybridized carbons (Fsp3) is 0.889. The monoisotopic (exact) mass is 304 g/mol. The lowest BCUT2D eigenvalue weighted by molar-refractivity contribution is -0.143. The van der Waals surface area contributed by atoms with E-state index in [0.29, 0.717) is 24.3 Å². The molecule has 2 amide bonds. The molecule has 122 valence electrons. The number of hydrogen-bond donors (Lipinski definition) is 0. The quantitative estimate of drug-likeness (QED) is 0.785. The largest absolute Gasteiger partial charge is 0.342 e. The molecule has 4 atom stereocenters. The van der Waals surface area contributed by atoms with Crippen LogP contribution in [-0.4, -0.2) is 47.8 Å². The van der Waals surface area contributed by atoms with Gasteiger partial charge in [0.25, 0.3) is 0 Å². The van der Waals surface area contributed by atoms with Gasteiger partial charge in [0, 0.05) is 32.1 Å². The Morgan fingerprint density at radius 1 is 0.773 bits per heavy atom. The van der Waals surface area contributed by atoms with Gasteiger partial charge in [0.15, 0.2) is 0 Å². The lowest BCUT2D eigenvalue weighted by Gasteiger charge is -2.36. The Balaban J connectivity index is 1.38. The normalized spacial score (nSPS) is 37.8. The molecular formula is C18H28N2O2. The summed E-state index contributed by atoms with van der Waals surface area (Å²) in [6.45, 7) is 3.41. The topological polar surface area (TPSA) is 40.6 Å². The highest BCUT2D eigenvalue weighted by atomic mass is 16.2. The highest BCUT2D eigenvalue weighted by Gasteiger charge is 2.45. The first-order chi connectivity index (χ1) is 10.7. The average Bonchev–Trinajstić information content (AvgIpc) is 3.30. The molecule has 2 aliphatic heterocycles. The predicted octanol–water partition coefficient (Wildman–Crippen LogP) is 2.28. The Hall–Kier alpha value is -1.06. The summed E-state index contributed by atoms with van der Waals surface area (Å²) < 4.78 is 0. The molecule has 0 N–H and O–H groups in total. The molecule has 0 aromatic carbocycles. The van der Waals surface area contributed by atoms with Crippen molar-refractivity contribution in [3.05, 3.63) is 0 Å². The number of carbonyl (C=O) groups excluding carboxylic acids is 2. The maximum atomic E-state index is 12.9. The van der Waals surface area contributed by atoms with Crippen LogP contribution in [-0.2, 0) is 9.59 Å². The van der Waals surface area contributed by atoms with Gasteiger partial charge in [0.1, 0.15) is 0 Å². The summed E-state index contributed by atoms with van der Waals surface area (Å²) in [5, 5.41) is 0. The number of rotatable bonds is 2. The molecule has 4 rings (SSSR count). The smallest absolute Gasteiger partial charge is 0.227 e. The first-order valence-corrected chi connectivity index (χ1v) is 9.30. The zero-order valence-electron chi connectivity index (χ0n) is 13.5. The van der Waals surface area contributed by atoms with Gasteiger partial charge in [-0.2, -0.15) is 0 Å². The number of carbonyl (C=O) groups is 2. The summed E-state index contributed by atoms with van der Waals surface area (Å²) >= 11 is 0. The lowest BCUT2D eigenvalue weighted by atomic mass is 9.86. The maximum absolute atomic E-state index is 12.9. The first-order valence-electron chi connectivity index (χ1n) is 9.30. The molecule has 0 aromatic heterocycles. The highest BCUT2D eigenvalue weighted by molar-refractivity contribution is 5.83. The van der Waals surface area contributed by atoms with Crippen molar-refractivity contribution in [2.24, 2.45) is 23.7 Å². The second-order valence-electron chi connectivity index (χ2n) is 7.94. The molecular weight excluding hydrogens is 276 g/mol. The molecule has 2 aliphatic carbocycles. The average molecular weight is 304 g/mol. The van der Waals surface area contributed by atoms with Crippen molar-refractivity contribution < 1.29 is 9.59 Å². The van der Waals surface area contributed by atoms with E-state index in [-0.39, 0.29) is 11.8 Å². The van der Waals surface area contributed by atoms with Crippen LogP contribution in [0.4, 0.5) is 0 Å². The molecule has 0 spiro atoms. The van der Waals surface area contributed by atoms with Crippen LogP contribution in [0.25, 0.3) is 0 Å². The van der Waals surface area contributed by atoms with Gasteiger partial charge in [-0.1, -0.05) is 6.42 Å². The van der Waals surface area contributed by atoms with Gasteiger partial charge in [-0.3, -0.25) is 9.59 Å². The number of amides is 2. The molecule has 2 heterocycles. The molecule has 2 saturated heterocycles. The minimum absolute atomic E-state index is 0.0643. The highest BCUT2D eigenvalue weighted by Crippen LogP contribution is 2.49. The van der Waals surface area contributed by atoms with E-state index in [9.17, 15) is 9.59 Å². The fourth-order valence-corrected chi connectivity index (χ4v) is 5.36. The Bertz CT molecular complexity index is 458. The number of nitrogens with zero attached hydrogens (tertiary/aromatic N) is 2. The van der Waals surface area contributed by atoms with Gasteiger partial charge in [0.2, 0.25) is 11.8 Å². The third-order valence-corrected chi connectivity index (χ3v) is 6.56. The van der Waals surface area contributed by atoms with Crippen molar-refractivity contribution >= 4 is 11.8 Å². The van der Waals surface area contributed by atoms with E-state index in [1.807, 2.05) is 9.80 Å². The molecule has 4 aliphatic rings.